The fourth-order valence-electron chi connectivity index (χ4n) is 2.06. The van der Waals surface area contributed by atoms with Crippen molar-refractivity contribution in [1.29, 1.82) is 0 Å². The molecule has 0 aromatic heterocycles. The number of carbonyl (C=O) groups excluding carboxylic acids is 1. The number of aryl methyl sites for hydroxylation is 1. The van der Waals surface area contributed by atoms with Gasteiger partial charge in [-0.3, -0.25) is 4.79 Å². The molecular formula is C19H22ClNO4. The van der Waals surface area contributed by atoms with Gasteiger partial charge in [0.05, 0.1) is 13.7 Å². The van der Waals surface area contributed by atoms with E-state index in [1.807, 2.05) is 19.1 Å². The predicted octanol–water partition coefficient (Wildman–Crippen LogP) is 3.62. The normalized spacial score (nSPS) is 11.5. The molecular weight excluding hydrogens is 342 g/mol. The molecule has 25 heavy (non-hydrogen) atoms. The topological polar surface area (TPSA) is 56.8 Å². The highest BCUT2D eigenvalue weighted by molar-refractivity contribution is 6.31. The van der Waals surface area contributed by atoms with E-state index >= 15 is 0 Å². The molecule has 2 aromatic rings. The summed E-state index contributed by atoms with van der Waals surface area (Å²) in [6.45, 7) is 4.34. The number of halogens is 1. The zero-order chi connectivity index (χ0) is 18.2. The van der Waals surface area contributed by atoms with Crippen LogP contribution in [0.3, 0.4) is 0 Å². The molecule has 2 rings (SSSR count). The Labute approximate surface area is 152 Å². The summed E-state index contributed by atoms with van der Waals surface area (Å²) >= 11 is 6.04. The standard InChI is InChI=1S/C19H22ClNO4/c1-13-4-5-17(12-18(13)20)24-11-10-21-19(22)14(2)25-16-8-6-15(23-3)7-9-16/h4-9,12,14H,10-11H2,1-3H3,(H,21,22)/t14-/m1/s1. The summed E-state index contributed by atoms with van der Waals surface area (Å²) in [4.78, 5) is 12.0. The van der Waals surface area contributed by atoms with Crippen molar-refractivity contribution < 1.29 is 19.0 Å². The third-order valence-electron chi connectivity index (χ3n) is 3.55. The molecule has 0 saturated heterocycles. The number of methoxy groups -OCH3 is 1. The number of rotatable bonds is 8. The molecule has 1 amide bonds. The Kier molecular flexibility index (Phi) is 6.95. The molecule has 6 heteroatoms. The monoisotopic (exact) mass is 363 g/mol. The lowest BCUT2D eigenvalue weighted by molar-refractivity contribution is -0.127. The lowest BCUT2D eigenvalue weighted by Crippen LogP contribution is -2.38. The first-order valence-corrected chi connectivity index (χ1v) is 8.35. The SMILES string of the molecule is COc1ccc(O[C@H](C)C(=O)NCCOc2ccc(C)c(Cl)c2)cc1. The van der Waals surface area contributed by atoms with E-state index in [-0.39, 0.29) is 5.91 Å². The first-order valence-electron chi connectivity index (χ1n) is 7.97. The van der Waals surface area contributed by atoms with Crippen molar-refractivity contribution in [2.75, 3.05) is 20.3 Å². The van der Waals surface area contributed by atoms with Crippen LogP contribution in [0.5, 0.6) is 17.2 Å². The number of benzene rings is 2. The van der Waals surface area contributed by atoms with E-state index < -0.39 is 6.10 Å². The molecule has 0 radical (unpaired) electrons. The van der Waals surface area contributed by atoms with E-state index in [4.69, 9.17) is 25.8 Å². The molecule has 1 N–H and O–H groups in total. The van der Waals surface area contributed by atoms with Gasteiger partial charge in [-0.25, -0.2) is 0 Å². The summed E-state index contributed by atoms with van der Waals surface area (Å²) in [6, 6.07) is 12.6. The molecule has 0 heterocycles. The minimum absolute atomic E-state index is 0.207. The molecule has 5 nitrogen and oxygen atoms in total. The van der Waals surface area contributed by atoms with E-state index in [2.05, 4.69) is 5.32 Å². The fraction of sp³-hybridized carbons (Fsp3) is 0.316. The zero-order valence-corrected chi connectivity index (χ0v) is 15.3. The summed E-state index contributed by atoms with van der Waals surface area (Å²) in [5.74, 6) is 1.81. The Morgan fingerprint density at radius 1 is 1.12 bits per heavy atom. The average molecular weight is 364 g/mol. The highest BCUT2D eigenvalue weighted by atomic mass is 35.5. The molecule has 1 atom stereocenters. The van der Waals surface area contributed by atoms with Gasteiger partial charge in [0.2, 0.25) is 0 Å². The second kappa shape index (κ2) is 9.18. The molecule has 0 aliphatic rings. The fourth-order valence-corrected chi connectivity index (χ4v) is 2.23. The van der Waals surface area contributed by atoms with Gasteiger partial charge in [-0.15, -0.1) is 0 Å². The van der Waals surface area contributed by atoms with Crippen LogP contribution in [0.25, 0.3) is 0 Å². The van der Waals surface area contributed by atoms with Crippen LogP contribution in [0.2, 0.25) is 5.02 Å². The second-order valence-corrected chi connectivity index (χ2v) is 5.89. The Balaban J connectivity index is 1.72. The molecule has 0 unspecified atom stereocenters. The number of hydrogen-bond donors (Lipinski definition) is 1. The molecule has 0 aliphatic carbocycles. The largest absolute Gasteiger partial charge is 0.497 e. The molecule has 0 fully saturated rings. The van der Waals surface area contributed by atoms with Gasteiger partial charge in [-0.1, -0.05) is 17.7 Å². The van der Waals surface area contributed by atoms with Crippen LogP contribution in [0.1, 0.15) is 12.5 Å². The number of nitrogens with one attached hydrogen (secondary N) is 1. The van der Waals surface area contributed by atoms with Gasteiger partial charge in [0.15, 0.2) is 6.10 Å². The van der Waals surface area contributed by atoms with Crippen molar-refractivity contribution in [3.05, 3.63) is 53.1 Å². The Hall–Kier alpha value is -2.40. The van der Waals surface area contributed by atoms with Crippen LogP contribution in [0.4, 0.5) is 0 Å². The minimum Gasteiger partial charge on any atom is -0.497 e. The van der Waals surface area contributed by atoms with E-state index in [1.165, 1.54) is 0 Å². The number of hydrogen-bond acceptors (Lipinski definition) is 4. The van der Waals surface area contributed by atoms with E-state index in [9.17, 15) is 4.79 Å². The van der Waals surface area contributed by atoms with Gasteiger partial charge in [0, 0.05) is 5.02 Å². The molecule has 0 saturated carbocycles. The van der Waals surface area contributed by atoms with Crippen LogP contribution in [-0.4, -0.2) is 32.3 Å². The molecule has 0 aliphatic heterocycles. The van der Waals surface area contributed by atoms with Crippen LogP contribution in [0.15, 0.2) is 42.5 Å². The first kappa shape index (κ1) is 18.9. The van der Waals surface area contributed by atoms with Gasteiger partial charge < -0.3 is 19.5 Å². The summed E-state index contributed by atoms with van der Waals surface area (Å²) in [6.07, 6.45) is -0.609. The summed E-state index contributed by atoms with van der Waals surface area (Å²) in [5.41, 5.74) is 0.992. The quantitative estimate of drug-likeness (QED) is 0.728. The maximum absolute atomic E-state index is 12.0. The number of ether oxygens (including phenoxy) is 3. The van der Waals surface area contributed by atoms with Crippen LogP contribution in [0, 0.1) is 6.92 Å². The van der Waals surface area contributed by atoms with Crippen molar-refractivity contribution in [2.45, 2.75) is 20.0 Å². The molecule has 2 aromatic carbocycles. The van der Waals surface area contributed by atoms with E-state index in [0.29, 0.717) is 29.7 Å². The number of amides is 1. The van der Waals surface area contributed by atoms with Gasteiger partial charge in [-0.05, 0) is 55.8 Å². The minimum atomic E-state index is -0.609. The van der Waals surface area contributed by atoms with Crippen molar-refractivity contribution >= 4 is 17.5 Å². The number of carbonyl (C=O) groups is 1. The summed E-state index contributed by atoms with van der Waals surface area (Å²) in [5, 5.41) is 3.43. The molecule has 0 spiro atoms. The Bertz CT molecular complexity index is 703. The van der Waals surface area contributed by atoms with Crippen LogP contribution >= 0.6 is 11.6 Å². The Morgan fingerprint density at radius 3 is 2.40 bits per heavy atom. The predicted molar refractivity (Wildman–Crippen MR) is 97.8 cm³/mol. The molecule has 134 valence electrons. The summed E-state index contributed by atoms with van der Waals surface area (Å²) < 4.78 is 16.2. The van der Waals surface area contributed by atoms with Gasteiger partial charge in [0.1, 0.15) is 23.9 Å². The van der Waals surface area contributed by atoms with Crippen molar-refractivity contribution in [3.63, 3.8) is 0 Å². The second-order valence-electron chi connectivity index (χ2n) is 5.49. The highest BCUT2D eigenvalue weighted by Gasteiger charge is 2.14. The maximum atomic E-state index is 12.0. The van der Waals surface area contributed by atoms with Gasteiger partial charge in [-0.2, -0.15) is 0 Å². The van der Waals surface area contributed by atoms with Crippen LogP contribution < -0.4 is 19.5 Å². The van der Waals surface area contributed by atoms with Gasteiger partial charge >= 0.3 is 0 Å². The van der Waals surface area contributed by atoms with Crippen molar-refractivity contribution in [1.82, 2.24) is 5.32 Å². The highest BCUT2D eigenvalue weighted by Crippen LogP contribution is 2.21. The average Bonchev–Trinajstić information content (AvgIpc) is 2.62. The van der Waals surface area contributed by atoms with Crippen molar-refractivity contribution in [2.24, 2.45) is 0 Å². The smallest absolute Gasteiger partial charge is 0.260 e. The van der Waals surface area contributed by atoms with Crippen molar-refractivity contribution in [3.8, 4) is 17.2 Å². The van der Waals surface area contributed by atoms with E-state index in [0.717, 1.165) is 11.3 Å². The lowest BCUT2D eigenvalue weighted by Gasteiger charge is -2.15. The lowest BCUT2D eigenvalue weighted by atomic mass is 10.2. The molecule has 0 bridgehead atoms. The third kappa shape index (κ3) is 5.87. The van der Waals surface area contributed by atoms with Crippen LogP contribution in [-0.2, 0) is 4.79 Å². The third-order valence-corrected chi connectivity index (χ3v) is 3.96. The summed E-state index contributed by atoms with van der Waals surface area (Å²) in [7, 11) is 1.60. The maximum Gasteiger partial charge on any atom is 0.260 e. The van der Waals surface area contributed by atoms with E-state index in [1.54, 1.807) is 44.4 Å². The Morgan fingerprint density at radius 2 is 1.76 bits per heavy atom. The van der Waals surface area contributed by atoms with Gasteiger partial charge in [0.25, 0.3) is 5.91 Å². The first-order chi connectivity index (χ1) is 12.0. The zero-order valence-electron chi connectivity index (χ0n) is 14.5.